The molecule has 1 saturated heterocycles. The highest BCUT2D eigenvalue weighted by atomic mass is 32.2. The number of ether oxygens (including phenoxy) is 2. The summed E-state index contributed by atoms with van der Waals surface area (Å²) in [7, 11) is -3.57. The van der Waals surface area contributed by atoms with Gasteiger partial charge in [0.25, 0.3) is 0 Å². The van der Waals surface area contributed by atoms with Crippen LogP contribution in [-0.4, -0.2) is 69.6 Å². The number of benzene rings is 2. The summed E-state index contributed by atoms with van der Waals surface area (Å²) in [6.07, 6.45) is 3.24. The molecule has 256 valence electrons. The van der Waals surface area contributed by atoms with Crippen molar-refractivity contribution in [3.8, 4) is 5.75 Å². The number of hydrogen-bond acceptors (Lipinski definition) is 10. The van der Waals surface area contributed by atoms with Gasteiger partial charge in [0.15, 0.2) is 15.5 Å². The monoisotopic (exact) mass is 675 g/mol. The number of fused-ring (bicyclic) bond motifs is 1. The quantitative estimate of drug-likeness (QED) is 0.156. The van der Waals surface area contributed by atoms with Gasteiger partial charge in [-0.3, -0.25) is 5.10 Å². The van der Waals surface area contributed by atoms with Gasteiger partial charge in [0.1, 0.15) is 17.2 Å². The van der Waals surface area contributed by atoms with Crippen LogP contribution in [0.5, 0.6) is 5.75 Å². The highest BCUT2D eigenvalue weighted by Crippen LogP contribution is 2.41. The molecule has 2 aromatic heterocycles. The number of H-pyrrole nitrogens is 1. The van der Waals surface area contributed by atoms with Crippen LogP contribution < -0.4 is 15.4 Å². The largest absolute Gasteiger partial charge is 0.489 e. The molecule has 3 N–H and O–H groups in total. The maximum Gasteiger partial charge on any atom is 0.410 e. The number of sulfone groups is 1. The average Bonchev–Trinajstić information content (AvgIpc) is 3.64. The van der Waals surface area contributed by atoms with Gasteiger partial charge in [0.2, 0.25) is 5.95 Å². The second-order valence-electron chi connectivity index (χ2n) is 13.7. The van der Waals surface area contributed by atoms with Crippen molar-refractivity contribution in [3.05, 3.63) is 53.2 Å². The Bertz CT molecular complexity index is 1940. The van der Waals surface area contributed by atoms with E-state index in [0.29, 0.717) is 52.8 Å². The molecule has 2 aliphatic rings. The first kappa shape index (κ1) is 33.5. The molecule has 48 heavy (non-hydrogen) atoms. The minimum absolute atomic E-state index is 0.0863. The molecule has 12 nitrogen and oxygen atoms in total. The predicted octanol–water partition coefficient (Wildman–Crippen LogP) is 7.29. The van der Waals surface area contributed by atoms with Crippen LogP contribution in [0.1, 0.15) is 83.0 Å². The molecule has 0 radical (unpaired) electrons. The van der Waals surface area contributed by atoms with Gasteiger partial charge in [-0.2, -0.15) is 15.1 Å². The van der Waals surface area contributed by atoms with E-state index in [-0.39, 0.29) is 34.6 Å². The maximum atomic E-state index is 13.2. The Kier molecular flexibility index (Phi) is 9.01. The topological polar surface area (TPSA) is 151 Å². The second-order valence-corrected chi connectivity index (χ2v) is 16.2. The number of anilines is 4. The lowest BCUT2D eigenvalue weighted by atomic mass is 9.86. The summed E-state index contributed by atoms with van der Waals surface area (Å²) in [5, 5.41) is 14.0. The molecule has 1 amide bonds. The molecule has 1 saturated carbocycles. The normalized spacial score (nSPS) is 16.4. The molecule has 0 bridgehead atoms. The van der Waals surface area contributed by atoms with Crippen LogP contribution in [0.15, 0.2) is 41.3 Å². The number of aromatic nitrogens is 4. The molecule has 0 unspecified atom stereocenters. The van der Waals surface area contributed by atoms with Crippen molar-refractivity contribution in [1.82, 2.24) is 25.1 Å². The summed E-state index contributed by atoms with van der Waals surface area (Å²) in [5.41, 5.74) is 4.28. The van der Waals surface area contributed by atoms with E-state index in [1.165, 1.54) is 5.56 Å². The summed E-state index contributed by atoms with van der Waals surface area (Å²) in [6, 6.07) is 11.0. The van der Waals surface area contributed by atoms with E-state index in [2.05, 4.69) is 33.8 Å². The van der Waals surface area contributed by atoms with Crippen molar-refractivity contribution in [3.63, 3.8) is 0 Å². The summed E-state index contributed by atoms with van der Waals surface area (Å²) in [4.78, 5) is 24.2. The molecule has 2 fully saturated rings. The number of hydrogen-bond donors (Lipinski definition) is 3. The Balaban J connectivity index is 1.29. The number of nitrogens with zero attached hydrogens (tertiary/aromatic N) is 4. The fourth-order valence-corrected chi connectivity index (χ4v) is 7.26. The molecule has 4 aromatic rings. The van der Waals surface area contributed by atoms with Gasteiger partial charge in [-0.25, -0.2) is 13.2 Å². The van der Waals surface area contributed by atoms with Gasteiger partial charge in [0.05, 0.1) is 38.7 Å². The van der Waals surface area contributed by atoms with Gasteiger partial charge >= 0.3 is 6.09 Å². The van der Waals surface area contributed by atoms with Gasteiger partial charge in [-0.1, -0.05) is 12.1 Å². The fourth-order valence-electron chi connectivity index (χ4n) is 6.06. The number of likely N-dealkylation sites (tertiary alicyclic amines) is 1. The summed E-state index contributed by atoms with van der Waals surface area (Å²) >= 11 is 0. The van der Waals surface area contributed by atoms with Gasteiger partial charge in [0, 0.05) is 13.1 Å². The van der Waals surface area contributed by atoms with Crippen molar-refractivity contribution in [2.75, 3.05) is 23.7 Å². The van der Waals surface area contributed by atoms with Gasteiger partial charge in [-0.05, 0) is 115 Å². The first-order chi connectivity index (χ1) is 22.7. The van der Waals surface area contributed by atoms with E-state index in [0.717, 1.165) is 31.2 Å². The standard InChI is InChI=1S/C35H45N7O5S/c1-20(2)46-28-19-25(24-12-16-42(17-13-24)34(43)47-35(7)14-15-35)22(5)18-27(28)37-33-38-31(30-23(6)40-41-32(30)39-33)36-26-10-8-9-11-29(26)48(44,45)21(3)4/h8-11,18-21,24H,12-17H2,1-7H3,(H3,36,37,38,39,40,41). The van der Waals surface area contributed by atoms with Crippen LogP contribution in [0.2, 0.25) is 0 Å². The molecule has 6 rings (SSSR count). The summed E-state index contributed by atoms with van der Waals surface area (Å²) in [5.74, 6) is 1.64. The highest BCUT2D eigenvalue weighted by Gasteiger charge is 2.43. The minimum Gasteiger partial charge on any atom is -0.489 e. The molecular weight excluding hydrogens is 630 g/mol. The van der Waals surface area contributed by atoms with Crippen molar-refractivity contribution >= 4 is 50.1 Å². The maximum absolute atomic E-state index is 13.2. The zero-order valence-electron chi connectivity index (χ0n) is 28.7. The van der Waals surface area contributed by atoms with Gasteiger partial charge < -0.3 is 25.0 Å². The third-order valence-corrected chi connectivity index (χ3v) is 11.3. The molecule has 13 heteroatoms. The Morgan fingerprint density at radius 1 is 1.02 bits per heavy atom. The number of amides is 1. The Hall–Kier alpha value is -4.39. The van der Waals surface area contributed by atoms with E-state index in [9.17, 15) is 13.2 Å². The smallest absolute Gasteiger partial charge is 0.410 e. The van der Waals surface area contributed by atoms with Crippen LogP contribution in [0.4, 0.5) is 27.9 Å². The molecule has 3 heterocycles. The number of carbonyl (C=O) groups excluding carboxylic acids is 1. The predicted molar refractivity (Wildman–Crippen MR) is 186 cm³/mol. The van der Waals surface area contributed by atoms with Crippen LogP contribution in [0, 0.1) is 13.8 Å². The number of piperidine rings is 1. The summed E-state index contributed by atoms with van der Waals surface area (Å²) in [6.45, 7) is 14.5. The summed E-state index contributed by atoms with van der Waals surface area (Å²) < 4.78 is 38.4. The number of aryl methyl sites for hydroxylation is 2. The van der Waals surface area contributed by atoms with Crippen LogP contribution in [-0.2, 0) is 14.6 Å². The van der Waals surface area contributed by atoms with E-state index < -0.39 is 15.1 Å². The first-order valence-corrected chi connectivity index (χ1v) is 18.2. The molecule has 0 spiro atoms. The van der Waals surface area contributed by atoms with E-state index in [1.807, 2.05) is 38.7 Å². The van der Waals surface area contributed by atoms with Crippen molar-refractivity contribution < 1.29 is 22.7 Å². The average molecular weight is 676 g/mol. The second kappa shape index (κ2) is 12.9. The zero-order chi connectivity index (χ0) is 34.4. The van der Waals surface area contributed by atoms with Crippen molar-refractivity contribution in [1.29, 1.82) is 0 Å². The molecule has 0 atom stereocenters. The number of rotatable bonds is 10. The minimum atomic E-state index is -3.57. The Morgan fingerprint density at radius 2 is 1.73 bits per heavy atom. The SMILES string of the molecule is Cc1cc(Nc2nc(Nc3ccccc3S(=O)(=O)C(C)C)c3c(C)n[nH]c3n2)c(OC(C)C)cc1C1CCN(C(=O)OC2(C)CC2)CC1. The zero-order valence-corrected chi connectivity index (χ0v) is 29.5. The molecule has 1 aliphatic heterocycles. The number of nitrogens with one attached hydrogen (secondary N) is 3. The van der Waals surface area contributed by atoms with Gasteiger partial charge in [-0.15, -0.1) is 0 Å². The van der Waals surface area contributed by atoms with Crippen molar-refractivity contribution in [2.45, 2.75) is 102 Å². The molecule has 2 aromatic carbocycles. The number of carbonyl (C=O) groups is 1. The molecule has 1 aliphatic carbocycles. The van der Waals surface area contributed by atoms with Crippen LogP contribution in [0.25, 0.3) is 11.0 Å². The third-order valence-electron chi connectivity index (χ3n) is 9.13. The first-order valence-electron chi connectivity index (χ1n) is 16.6. The lowest BCUT2D eigenvalue weighted by molar-refractivity contribution is 0.0520. The van der Waals surface area contributed by atoms with Crippen molar-refractivity contribution in [2.24, 2.45) is 0 Å². The van der Waals surface area contributed by atoms with Crippen LogP contribution in [0.3, 0.4) is 0 Å². The van der Waals surface area contributed by atoms with Crippen LogP contribution >= 0.6 is 0 Å². The Labute approximate surface area is 281 Å². The lowest BCUT2D eigenvalue weighted by Crippen LogP contribution is -2.40. The number of para-hydroxylation sites is 1. The number of aromatic amines is 1. The highest BCUT2D eigenvalue weighted by molar-refractivity contribution is 7.92. The van der Waals surface area contributed by atoms with E-state index in [1.54, 1.807) is 38.1 Å². The fraction of sp³-hybridized carbons (Fsp3) is 0.486. The lowest BCUT2D eigenvalue weighted by Gasteiger charge is -2.33. The van der Waals surface area contributed by atoms with E-state index >= 15 is 0 Å². The third kappa shape index (κ3) is 6.92. The Morgan fingerprint density at radius 3 is 2.40 bits per heavy atom. The molecular formula is C35H45N7O5S. The van der Waals surface area contributed by atoms with E-state index in [4.69, 9.17) is 19.4 Å².